The highest BCUT2D eigenvalue weighted by atomic mass is 16.3. The molecular weight excluding hydrogens is 214 g/mol. The minimum atomic E-state index is -0.367. The molecule has 0 aromatic heterocycles. The van der Waals surface area contributed by atoms with Crippen LogP contribution in [0.1, 0.15) is 60.3 Å². The van der Waals surface area contributed by atoms with Gasteiger partial charge in [0.25, 0.3) is 0 Å². The van der Waals surface area contributed by atoms with Crippen LogP contribution >= 0.6 is 0 Å². The molecule has 0 radical (unpaired) electrons. The molecule has 17 heavy (non-hydrogen) atoms. The maximum absolute atomic E-state index is 12.2. The highest BCUT2D eigenvalue weighted by Crippen LogP contribution is 2.20. The van der Waals surface area contributed by atoms with Crippen LogP contribution < -0.4 is 0 Å². The number of rotatable bonds is 7. The number of amides is 1. The maximum Gasteiger partial charge on any atom is 0.228 e. The van der Waals surface area contributed by atoms with Crippen LogP contribution in [0.15, 0.2) is 0 Å². The average Bonchev–Trinajstić information content (AvgIpc) is 2.23. The third-order valence-electron chi connectivity index (χ3n) is 3.00. The van der Waals surface area contributed by atoms with E-state index in [2.05, 4.69) is 13.8 Å². The predicted octanol–water partition coefficient (Wildman–Crippen LogP) is 2.82. The largest absolute Gasteiger partial charge is 0.395 e. The molecule has 0 aromatic carbocycles. The molecule has 0 aromatic rings. The number of hydrogen-bond acceptors (Lipinski definition) is 2. The van der Waals surface area contributed by atoms with Gasteiger partial charge in [-0.3, -0.25) is 4.79 Å². The normalized spacial score (nSPS) is 13.5. The van der Waals surface area contributed by atoms with E-state index < -0.39 is 0 Å². The first-order valence-electron chi connectivity index (χ1n) is 6.76. The molecule has 102 valence electrons. The van der Waals surface area contributed by atoms with Gasteiger partial charge in [0.2, 0.25) is 5.91 Å². The molecule has 0 aliphatic carbocycles. The quantitative estimate of drug-likeness (QED) is 0.698. The Balaban J connectivity index is 4.45. The molecule has 3 heteroatoms. The summed E-state index contributed by atoms with van der Waals surface area (Å²) in [7, 11) is 0. The number of carbonyl (C=O) groups is 1. The van der Waals surface area contributed by atoms with Crippen LogP contribution in [0.5, 0.6) is 0 Å². The minimum Gasteiger partial charge on any atom is -0.395 e. The van der Waals surface area contributed by atoms with E-state index in [0.717, 1.165) is 12.8 Å². The lowest BCUT2D eigenvalue weighted by Crippen LogP contribution is -2.46. The fourth-order valence-electron chi connectivity index (χ4n) is 1.91. The number of hydrogen-bond donors (Lipinski definition) is 1. The lowest BCUT2D eigenvalue weighted by atomic mass is 9.93. The summed E-state index contributed by atoms with van der Waals surface area (Å²) in [6.07, 6.45) is 4.58. The molecular formula is C14H29NO2. The lowest BCUT2D eigenvalue weighted by molar-refractivity contribution is -0.142. The van der Waals surface area contributed by atoms with Crippen molar-refractivity contribution in [1.82, 2.24) is 4.90 Å². The van der Waals surface area contributed by atoms with E-state index in [1.54, 1.807) is 0 Å². The van der Waals surface area contributed by atoms with E-state index in [4.69, 9.17) is 5.11 Å². The molecule has 1 N–H and O–H groups in total. The molecule has 0 aliphatic heterocycles. The Labute approximate surface area is 106 Å². The van der Waals surface area contributed by atoms with E-state index in [1.807, 2.05) is 25.7 Å². The molecule has 1 amide bonds. The molecule has 0 fully saturated rings. The zero-order valence-corrected chi connectivity index (χ0v) is 12.1. The summed E-state index contributed by atoms with van der Waals surface area (Å²) < 4.78 is 0. The van der Waals surface area contributed by atoms with Crippen LogP contribution in [0.3, 0.4) is 0 Å². The van der Waals surface area contributed by atoms with Gasteiger partial charge in [0, 0.05) is 18.0 Å². The minimum absolute atomic E-state index is 0.0416. The van der Waals surface area contributed by atoms with Crippen LogP contribution in [0.4, 0.5) is 0 Å². The third kappa shape index (κ3) is 6.06. The maximum atomic E-state index is 12.2. The van der Waals surface area contributed by atoms with Crippen LogP contribution in [-0.4, -0.2) is 35.1 Å². The van der Waals surface area contributed by atoms with Crippen molar-refractivity contribution in [2.24, 2.45) is 5.41 Å². The summed E-state index contributed by atoms with van der Waals surface area (Å²) in [4.78, 5) is 14.1. The Bertz CT molecular complexity index is 221. The van der Waals surface area contributed by atoms with Crippen molar-refractivity contribution >= 4 is 5.91 Å². The molecule has 0 saturated heterocycles. The third-order valence-corrected chi connectivity index (χ3v) is 3.00. The highest BCUT2D eigenvalue weighted by Gasteiger charge is 2.29. The Hall–Kier alpha value is -0.570. The smallest absolute Gasteiger partial charge is 0.228 e. The van der Waals surface area contributed by atoms with Crippen molar-refractivity contribution in [3.8, 4) is 0 Å². The summed E-state index contributed by atoms with van der Waals surface area (Å²) in [5, 5.41) is 9.08. The van der Waals surface area contributed by atoms with Gasteiger partial charge in [0.15, 0.2) is 0 Å². The van der Waals surface area contributed by atoms with E-state index in [1.165, 1.54) is 12.8 Å². The summed E-state index contributed by atoms with van der Waals surface area (Å²) in [6, 6.07) is 0.223. The summed E-state index contributed by atoms with van der Waals surface area (Å²) >= 11 is 0. The van der Waals surface area contributed by atoms with Gasteiger partial charge in [-0.1, -0.05) is 47.0 Å². The number of nitrogens with zero attached hydrogens (tertiary/aromatic N) is 1. The molecule has 0 spiro atoms. The topological polar surface area (TPSA) is 40.5 Å². The fraction of sp³-hybridized carbons (Fsp3) is 0.929. The van der Waals surface area contributed by atoms with Crippen LogP contribution in [-0.2, 0) is 4.79 Å². The van der Waals surface area contributed by atoms with Crippen molar-refractivity contribution in [3.05, 3.63) is 0 Å². The van der Waals surface area contributed by atoms with Crippen LogP contribution in [0.2, 0.25) is 0 Å². The number of aliphatic hydroxyl groups is 1. The summed E-state index contributed by atoms with van der Waals surface area (Å²) in [5.74, 6) is 0.135. The van der Waals surface area contributed by atoms with Gasteiger partial charge in [-0.25, -0.2) is 0 Å². The first-order chi connectivity index (χ1) is 7.84. The van der Waals surface area contributed by atoms with Gasteiger partial charge in [0.1, 0.15) is 0 Å². The first-order valence-corrected chi connectivity index (χ1v) is 6.76. The Morgan fingerprint density at radius 1 is 1.29 bits per heavy atom. The number of carbonyl (C=O) groups excluding carboxylic acids is 1. The van der Waals surface area contributed by atoms with Gasteiger partial charge in [-0.05, 0) is 13.3 Å². The lowest BCUT2D eigenvalue weighted by Gasteiger charge is -2.34. The van der Waals surface area contributed by atoms with Crippen LogP contribution in [0, 0.1) is 5.41 Å². The molecule has 1 atom stereocenters. The van der Waals surface area contributed by atoms with Gasteiger partial charge >= 0.3 is 0 Å². The van der Waals surface area contributed by atoms with Crippen molar-refractivity contribution in [2.75, 3.05) is 13.2 Å². The SMILES string of the molecule is CCCCCC(C)N(CCO)C(=O)C(C)(C)C. The van der Waals surface area contributed by atoms with Gasteiger partial charge in [-0.2, -0.15) is 0 Å². The Morgan fingerprint density at radius 2 is 1.88 bits per heavy atom. The van der Waals surface area contributed by atoms with Crippen molar-refractivity contribution < 1.29 is 9.90 Å². The fourth-order valence-corrected chi connectivity index (χ4v) is 1.91. The molecule has 3 nitrogen and oxygen atoms in total. The molecule has 0 bridgehead atoms. The zero-order valence-electron chi connectivity index (χ0n) is 12.1. The van der Waals surface area contributed by atoms with Crippen LogP contribution in [0.25, 0.3) is 0 Å². The first kappa shape index (κ1) is 16.4. The molecule has 0 heterocycles. The number of unbranched alkanes of at least 4 members (excludes halogenated alkanes) is 2. The average molecular weight is 243 g/mol. The second-order valence-electron chi connectivity index (χ2n) is 5.82. The molecule has 0 aliphatic rings. The Morgan fingerprint density at radius 3 is 2.29 bits per heavy atom. The van der Waals surface area contributed by atoms with Gasteiger partial charge in [0.05, 0.1) is 6.61 Å². The number of aliphatic hydroxyl groups excluding tert-OH is 1. The summed E-state index contributed by atoms with van der Waals surface area (Å²) in [5.41, 5.74) is -0.367. The highest BCUT2D eigenvalue weighted by molar-refractivity contribution is 5.81. The van der Waals surface area contributed by atoms with E-state index >= 15 is 0 Å². The van der Waals surface area contributed by atoms with E-state index in [9.17, 15) is 4.79 Å². The van der Waals surface area contributed by atoms with Gasteiger partial charge in [-0.15, -0.1) is 0 Å². The van der Waals surface area contributed by atoms with Crippen molar-refractivity contribution in [2.45, 2.75) is 66.3 Å². The van der Waals surface area contributed by atoms with Crippen molar-refractivity contribution in [1.29, 1.82) is 0 Å². The zero-order chi connectivity index (χ0) is 13.5. The monoisotopic (exact) mass is 243 g/mol. The Kier molecular flexibility index (Phi) is 7.44. The molecule has 0 saturated carbocycles. The van der Waals surface area contributed by atoms with Crippen molar-refractivity contribution in [3.63, 3.8) is 0 Å². The molecule has 1 unspecified atom stereocenters. The molecule has 0 rings (SSSR count). The second kappa shape index (κ2) is 7.70. The summed E-state index contributed by atoms with van der Waals surface area (Å²) in [6.45, 7) is 10.5. The predicted molar refractivity (Wildman–Crippen MR) is 71.9 cm³/mol. The van der Waals surface area contributed by atoms with E-state index in [0.29, 0.717) is 6.54 Å². The van der Waals surface area contributed by atoms with Gasteiger partial charge < -0.3 is 10.0 Å². The standard InChI is InChI=1S/C14H29NO2/c1-6-7-8-9-12(2)15(10-11-16)13(17)14(3,4)5/h12,16H,6-11H2,1-5H3. The van der Waals surface area contributed by atoms with E-state index in [-0.39, 0.29) is 24.0 Å². The second-order valence-corrected chi connectivity index (χ2v) is 5.82.